The van der Waals surface area contributed by atoms with Crippen molar-refractivity contribution in [1.82, 2.24) is 5.43 Å². The van der Waals surface area contributed by atoms with Crippen molar-refractivity contribution in [2.75, 3.05) is 6.61 Å². The highest BCUT2D eigenvalue weighted by atomic mass is 35.5. The molecular weight excluding hydrogens is 248 g/mol. The molecule has 18 heavy (non-hydrogen) atoms. The summed E-state index contributed by atoms with van der Waals surface area (Å²) in [5.74, 6) is 5.63. The third kappa shape index (κ3) is 3.69. The van der Waals surface area contributed by atoms with Gasteiger partial charge in [-0.05, 0) is 49.8 Å². The number of hydrazine groups is 1. The van der Waals surface area contributed by atoms with Crippen LogP contribution in [0.5, 0.6) is 0 Å². The molecule has 0 spiro atoms. The summed E-state index contributed by atoms with van der Waals surface area (Å²) in [5.41, 5.74) is 5.20. The van der Waals surface area contributed by atoms with Gasteiger partial charge in [-0.15, -0.1) is 0 Å². The fourth-order valence-electron chi connectivity index (χ4n) is 2.44. The lowest BCUT2D eigenvalue weighted by molar-refractivity contribution is 0.0946. The molecule has 0 amide bonds. The molecule has 2 rings (SSSR count). The Morgan fingerprint density at radius 1 is 1.56 bits per heavy atom. The second-order valence-corrected chi connectivity index (χ2v) is 5.44. The molecular formula is C14H21ClN2O. The number of halogens is 1. The third-order valence-corrected chi connectivity index (χ3v) is 3.83. The van der Waals surface area contributed by atoms with Crippen molar-refractivity contribution in [3.63, 3.8) is 0 Å². The standard InChI is InChI=1S/C14H21ClN2O/c1-10-4-5-11(14(15)7-10)8-12(17-16)9-13-3-2-6-18-13/h4-5,7,12-13,17H,2-3,6,8-9,16H2,1H3. The zero-order valence-electron chi connectivity index (χ0n) is 10.8. The average Bonchev–Trinajstić information content (AvgIpc) is 2.84. The highest BCUT2D eigenvalue weighted by Crippen LogP contribution is 2.22. The summed E-state index contributed by atoms with van der Waals surface area (Å²) in [6, 6.07) is 6.38. The van der Waals surface area contributed by atoms with Gasteiger partial charge in [0.15, 0.2) is 0 Å². The summed E-state index contributed by atoms with van der Waals surface area (Å²) in [4.78, 5) is 0. The van der Waals surface area contributed by atoms with E-state index in [9.17, 15) is 0 Å². The number of hydrogen-bond donors (Lipinski definition) is 2. The van der Waals surface area contributed by atoms with E-state index in [1.807, 2.05) is 13.0 Å². The average molecular weight is 269 g/mol. The Morgan fingerprint density at radius 2 is 2.39 bits per heavy atom. The topological polar surface area (TPSA) is 47.3 Å². The number of ether oxygens (including phenoxy) is 1. The molecule has 1 aromatic rings. The van der Waals surface area contributed by atoms with Gasteiger partial charge in [0.05, 0.1) is 6.10 Å². The van der Waals surface area contributed by atoms with E-state index in [-0.39, 0.29) is 6.04 Å². The first-order valence-corrected chi connectivity index (χ1v) is 6.89. The lowest BCUT2D eigenvalue weighted by Crippen LogP contribution is -2.39. The smallest absolute Gasteiger partial charge is 0.0591 e. The van der Waals surface area contributed by atoms with Gasteiger partial charge in [-0.2, -0.15) is 0 Å². The molecule has 2 atom stereocenters. The van der Waals surface area contributed by atoms with Crippen LogP contribution in [-0.2, 0) is 11.2 Å². The predicted octanol–water partition coefficient (Wildman–Crippen LogP) is 2.59. The molecule has 1 fully saturated rings. The van der Waals surface area contributed by atoms with Crippen molar-refractivity contribution in [3.05, 3.63) is 34.3 Å². The minimum absolute atomic E-state index is 0.216. The van der Waals surface area contributed by atoms with E-state index in [2.05, 4.69) is 17.6 Å². The van der Waals surface area contributed by atoms with Crippen LogP contribution in [0.4, 0.5) is 0 Å². The third-order valence-electron chi connectivity index (χ3n) is 3.48. The van der Waals surface area contributed by atoms with E-state index < -0.39 is 0 Å². The van der Waals surface area contributed by atoms with Gasteiger partial charge < -0.3 is 4.74 Å². The van der Waals surface area contributed by atoms with E-state index in [1.54, 1.807) is 0 Å². The van der Waals surface area contributed by atoms with E-state index in [0.29, 0.717) is 6.10 Å². The molecule has 0 saturated carbocycles. The lowest BCUT2D eigenvalue weighted by atomic mass is 9.99. The second-order valence-electron chi connectivity index (χ2n) is 5.03. The molecule has 1 saturated heterocycles. The zero-order chi connectivity index (χ0) is 13.0. The number of hydrogen-bond acceptors (Lipinski definition) is 3. The van der Waals surface area contributed by atoms with Crippen molar-refractivity contribution in [2.45, 2.75) is 44.8 Å². The van der Waals surface area contributed by atoms with Crippen LogP contribution in [0, 0.1) is 6.92 Å². The minimum atomic E-state index is 0.216. The van der Waals surface area contributed by atoms with Crippen LogP contribution in [0.2, 0.25) is 5.02 Å². The van der Waals surface area contributed by atoms with Crippen molar-refractivity contribution >= 4 is 11.6 Å². The SMILES string of the molecule is Cc1ccc(CC(CC2CCCO2)NN)c(Cl)c1. The molecule has 1 aliphatic rings. The quantitative estimate of drug-likeness (QED) is 0.637. The van der Waals surface area contributed by atoms with E-state index in [1.165, 1.54) is 5.56 Å². The molecule has 0 bridgehead atoms. The van der Waals surface area contributed by atoms with Crippen molar-refractivity contribution in [2.24, 2.45) is 5.84 Å². The summed E-state index contributed by atoms with van der Waals surface area (Å²) >= 11 is 6.25. The molecule has 0 aliphatic carbocycles. The summed E-state index contributed by atoms with van der Waals surface area (Å²) in [5, 5.41) is 0.822. The maximum atomic E-state index is 6.25. The number of rotatable bonds is 5. The Balaban J connectivity index is 1.96. The highest BCUT2D eigenvalue weighted by Gasteiger charge is 2.20. The molecule has 0 aromatic heterocycles. The highest BCUT2D eigenvalue weighted by molar-refractivity contribution is 6.31. The number of nitrogens with one attached hydrogen (secondary N) is 1. The Kier molecular flexibility index (Phi) is 5.01. The Morgan fingerprint density at radius 3 is 3.00 bits per heavy atom. The fourth-order valence-corrected chi connectivity index (χ4v) is 2.75. The summed E-state index contributed by atoms with van der Waals surface area (Å²) < 4.78 is 5.64. The van der Waals surface area contributed by atoms with Gasteiger partial charge in [-0.3, -0.25) is 11.3 Å². The fraction of sp³-hybridized carbons (Fsp3) is 0.571. The normalized spacial score (nSPS) is 21.2. The molecule has 1 aliphatic heterocycles. The van der Waals surface area contributed by atoms with Crippen LogP contribution in [0.25, 0.3) is 0 Å². The van der Waals surface area contributed by atoms with Crippen LogP contribution >= 0.6 is 11.6 Å². The van der Waals surface area contributed by atoms with Crippen LogP contribution in [-0.4, -0.2) is 18.8 Å². The summed E-state index contributed by atoms with van der Waals surface area (Å²) in [7, 11) is 0. The minimum Gasteiger partial charge on any atom is -0.378 e. The van der Waals surface area contributed by atoms with Crippen molar-refractivity contribution in [3.8, 4) is 0 Å². The molecule has 1 aromatic carbocycles. The number of benzene rings is 1. The second kappa shape index (κ2) is 6.53. The predicted molar refractivity (Wildman–Crippen MR) is 74.6 cm³/mol. The monoisotopic (exact) mass is 268 g/mol. The molecule has 3 N–H and O–H groups in total. The zero-order valence-corrected chi connectivity index (χ0v) is 11.5. The maximum Gasteiger partial charge on any atom is 0.0591 e. The lowest BCUT2D eigenvalue weighted by Gasteiger charge is -2.20. The Labute approximate surface area is 114 Å². The number of nitrogens with two attached hydrogens (primary N) is 1. The van der Waals surface area contributed by atoms with Gasteiger partial charge in [0.1, 0.15) is 0 Å². The van der Waals surface area contributed by atoms with E-state index in [4.69, 9.17) is 22.2 Å². The molecule has 3 nitrogen and oxygen atoms in total. The molecule has 4 heteroatoms. The van der Waals surface area contributed by atoms with Crippen LogP contribution in [0.1, 0.15) is 30.4 Å². The summed E-state index contributed by atoms with van der Waals surface area (Å²) in [6.45, 7) is 2.92. The van der Waals surface area contributed by atoms with Gasteiger partial charge in [-0.25, -0.2) is 0 Å². The largest absolute Gasteiger partial charge is 0.378 e. The van der Waals surface area contributed by atoms with Crippen molar-refractivity contribution < 1.29 is 4.74 Å². The molecule has 2 unspecified atom stereocenters. The van der Waals surface area contributed by atoms with E-state index in [0.717, 1.165) is 42.9 Å². The molecule has 100 valence electrons. The van der Waals surface area contributed by atoms with Crippen LogP contribution < -0.4 is 11.3 Å². The van der Waals surface area contributed by atoms with E-state index >= 15 is 0 Å². The van der Waals surface area contributed by atoms with Crippen molar-refractivity contribution in [1.29, 1.82) is 0 Å². The first kappa shape index (κ1) is 13.8. The first-order valence-electron chi connectivity index (χ1n) is 6.52. The molecule has 0 radical (unpaired) electrons. The maximum absolute atomic E-state index is 6.25. The number of aryl methyl sites for hydroxylation is 1. The summed E-state index contributed by atoms with van der Waals surface area (Å²) in [6.07, 6.45) is 4.43. The van der Waals surface area contributed by atoms with Crippen LogP contribution in [0.3, 0.4) is 0 Å². The Hall–Kier alpha value is -0.610. The van der Waals surface area contributed by atoms with Gasteiger partial charge in [-0.1, -0.05) is 23.7 Å². The Bertz CT molecular complexity index is 391. The van der Waals surface area contributed by atoms with Gasteiger partial charge in [0.25, 0.3) is 0 Å². The van der Waals surface area contributed by atoms with Gasteiger partial charge in [0, 0.05) is 17.7 Å². The van der Waals surface area contributed by atoms with Crippen LogP contribution in [0.15, 0.2) is 18.2 Å². The van der Waals surface area contributed by atoms with Gasteiger partial charge >= 0.3 is 0 Å². The first-order chi connectivity index (χ1) is 8.69. The van der Waals surface area contributed by atoms with Gasteiger partial charge in [0.2, 0.25) is 0 Å². The molecule has 1 heterocycles.